The molecule has 0 aromatic rings. The van der Waals surface area contributed by atoms with Crippen LogP contribution in [0.1, 0.15) is 57.8 Å². The fraction of sp³-hybridized carbons (Fsp3) is 0.933. The molecule has 0 radical (unpaired) electrons. The first-order valence-corrected chi connectivity index (χ1v) is 7.67. The van der Waals surface area contributed by atoms with E-state index in [1.807, 2.05) is 0 Å². The van der Waals surface area contributed by atoms with E-state index in [1.165, 1.54) is 44.9 Å². The maximum atomic E-state index is 11.3. The van der Waals surface area contributed by atoms with Gasteiger partial charge in [0.25, 0.3) is 0 Å². The lowest BCUT2D eigenvalue weighted by Crippen LogP contribution is -2.54. The highest BCUT2D eigenvalue weighted by Crippen LogP contribution is 2.55. The molecule has 0 aromatic heterocycles. The number of carboxylic acids is 1. The molecule has 3 rings (SSSR count). The number of nitrogens with zero attached hydrogens (tertiary/aromatic N) is 1. The lowest BCUT2D eigenvalue weighted by atomic mass is 9.76. The van der Waals surface area contributed by atoms with Crippen molar-refractivity contribution in [1.82, 2.24) is 4.90 Å². The van der Waals surface area contributed by atoms with Gasteiger partial charge in [-0.05, 0) is 57.0 Å². The van der Waals surface area contributed by atoms with E-state index in [2.05, 4.69) is 4.90 Å². The van der Waals surface area contributed by atoms with Crippen LogP contribution in [0, 0.1) is 11.8 Å². The minimum Gasteiger partial charge on any atom is -0.481 e. The highest BCUT2D eigenvalue weighted by Gasteiger charge is 2.54. The summed E-state index contributed by atoms with van der Waals surface area (Å²) >= 11 is 0. The van der Waals surface area contributed by atoms with Crippen molar-refractivity contribution < 1.29 is 9.90 Å². The van der Waals surface area contributed by atoms with Crippen LogP contribution in [-0.4, -0.2) is 34.6 Å². The first kappa shape index (κ1) is 12.5. The number of fused-ring (bicyclic) bond motifs is 2. The molecule has 102 valence electrons. The predicted octanol–water partition coefficient (Wildman–Crippen LogP) is 2.90. The van der Waals surface area contributed by atoms with Crippen LogP contribution in [0.5, 0.6) is 0 Å². The van der Waals surface area contributed by atoms with Crippen molar-refractivity contribution in [3.8, 4) is 0 Å². The number of likely N-dealkylation sites (tertiary alicyclic amines) is 1. The fourth-order valence-corrected chi connectivity index (χ4v) is 4.91. The average molecular weight is 251 g/mol. The number of carbonyl (C=O) groups is 1. The molecular weight excluding hydrogens is 226 g/mol. The van der Waals surface area contributed by atoms with Crippen LogP contribution < -0.4 is 0 Å². The molecule has 18 heavy (non-hydrogen) atoms. The summed E-state index contributed by atoms with van der Waals surface area (Å²) in [6, 6.07) is 0. The number of hydrogen-bond donors (Lipinski definition) is 1. The van der Waals surface area contributed by atoms with Crippen LogP contribution in [-0.2, 0) is 4.79 Å². The van der Waals surface area contributed by atoms with Gasteiger partial charge < -0.3 is 5.11 Å². The first-order chi connectivity index (χ1) is 8.71. The quantitative estimate of drug-likeness (QED) is 0.838. The average Bonchev–Trinajstić information content (AvgIpc) is 2.79. The third-order valence-corrected chi connectivity index (χ3v) is 5.64. The monoisotopic (exact) mass is 251 g/mol. The molecule has 3 atom stereocenters. The molecule has 0 aromatic carbocycles. The van der Waals surface area contributed by atoms with Crippen LogP contribution in [0.15, 0.2) is 0 Å². The number of aliphatic carboxylic acids is 1. The van der Waals surface area contributed by atoms with Gasteiger partial charge in [-0.15, -0.1) is 0 Å². The van der Waals surface area contributed by atoms with Gasteiger partial charge in [-0.2, -0.15) is 0 Å². The molecular formula is C15H25NO2. The van der Waals surface area contributed by atoms with E-state index in [-0.39, 0.29) is 5.54 Å². The zero-order valence-electron chi connectivity index (χ0n) is 11.2. The van der Waals surface area contributed by atoms with Gasteiger partial charge in [0.15, 0.2) is 0 Å². The molecule has 0 spiro atoms. The lowest BCUT2D eigenvalue weighted by Gasteiger charge is -2.46. The number of rotatable bonds is 3. The van der Waals surface area contributed by atoms with Crippen molar-refractivity contribution in [3.63, 3.8) is 0 Å². The molecule has 3 heteroatoms. The summed E-state index contributed by atoms with van der Waals surface area (Å²) in [6.45, 7) is 2.27. The highest BCUT2D eigenvalue weighted by molar-refractivity contribution is 5.68. The van der Waals surface area contributed by atoms with Crippen molar-refractivity contribution in [2.75, 3.05) is 13.1 Å². The standard InChI is InChI=1S/C15H25NO2/c17-14(18)11-15(10-12-5-6-13(15)9-12)16-7-3-1-2-4-8-16/h12-13H,1-11H2,(H,17,18). The number of hydrogen-bond acceptors (Lipinski definition) is 2. The first-order valence-electron chi connectivity index (χ1n) is 7.67. The van der Waals surface area contributed by atoms with E-state index in [1.54, 1.807) is 0 Å². The third-order valence-electron chi connectivity index (χ3n) is 5.64. The Hall–Kier alpha value is -0.570. The Morgan fingerprint density at radius 3 is 2.39 bits per heavy atom. The predicted molar refractivity (Wildman–Crippen MR) is 70.5 cm³/mol. The molecule has 2 bridgehead atoms. The maximum absolute atomic E-state index is 11.3. The van der Waals surface area contributed by atoms with E-state index in [0.717, 1.165) is 25.4 Å². The van der Waals surface area contributed by atoms with Gasteiger partial charge >= 0.3 is 5.97 Å². The zero-order valence-corrected chi connectivity index (χ0v) is 11.2. The Bertz CT molecular complexity index is 322. The zero-order chi connectivity index (χ0) is 12.6. The molecule has 1 saturated heterocycles. The fourth-order valence-electron chi connectivity index (χ4n) is 4.91. The van der Waals surface area contributed by atoms with Gasteiger partial charge in [0.2, 0.25) is 0 Å². The molecule has 3 fully saturated rings. The SMILES string of the molecule is O=C(O)CC1(N2CCCCCC2)CC2CCC1C2. The Balaban J connectivity index is 1.82. The Morgan fingerprint density at radius 2 is 1.89 bits per heavy atom. The highest BCUT2D eigenvalue weighted by atomic mass is 16.4. The maximum Gasteiger partial charge on any atom is 0.305 e. The molecule has 2 aliphatic carbocycles. The van der Waals surface area contributed by atoms with E-state index < -0.39 is 5.97 Å². The molecule has 2 saturated carbocycles. The minimum atomic E-state index is -0.591. The second kappa shape index (κ2) is 4.84. The van der Waals surface area contributed by atoms with Crippen LogP contribution in [0.4, 0.5) is 0 Å². The Labute approximate surface area is 110 Å². The summed E-state index contributed by atoms with van der Waals surface area (Å²) in [5.74, 6) is 0.890. The normalized spacial score (nSPS) is 40.9. The summed E-state index contributed by atoms with van der Waals surface area (Å²) in [5, 5.41) is 9.34. The third kappa shape index (κ3) is 2.07. The largest absolute Gasteiger partial charge is 0.481 e. The molecule has 3 unspecified atom stereocenters. The Kier molecular flexibility index (Phi) is 3.35. The van der Waals surface area contributed by atoms with Gasteiger partial charge in [0.05, 0.1) is 6.42 Å². The van der Waals surface area contributed by atoms with Crippen molar-refractivity contribution in [2.45, 2.75) is 63.3 Å². The van der Waals surface area contributed by atoms with E-state index in [0.29, 0.717) is 12.3 Å². The van der Waals surface area contributed by atoms with Crippen LogP contribution in [0.2, 0.25) is 0 Å². The van der Waals surface area contributed by atoms with Crippen molar-refractivity contribution in [1.29, 1.82) is 0 Å². The van der Waals surface area contributed by atoms with Crippen molar-refractivity contribution in [2.24, 2.45) is 11.8 Å². The number of carboxylic acid groups (broad SMARTS) is 1. The summed E-state index contributed by atoms with van der Waals surface area (Å²) in [5.41, 5.74) is 0.0269. The van der Waals surface area contributed by atoms with E-state index in [4.69, 9.17) is 0 Å². The lowest BCUT2D eigenvalue weighted by molar-refractivity contribution is -0.142. The smallest absolute Gasteiger partial charge is 0.305 e. The molecule has 1 N–H and O–H groups in total. The van der Waals surface area contributed by atoms with Gasteiger partial charge in [0, 0.05) is 5.54 Å². The van der Waals surface area contributed by atoms with Gasteiger partial charge in [0.1, 0.15) is 0 Å². The summed E-state index contributed by atoms with van der Waals surface area (Å²) in [4.78, 5) is 13.9. The second-order valence-electron chi connectivity index (χ2n) is 6.66. The molecule has 1 aliphatic heterocycles. The van der Waals surface area contributed by atoms with Crippen LogP contribution >= 0.6 is 0 Å². The molecule has 3 nitrogen and oxygen atoms in total. The minimum absolute atomic E-state index is 0.0269. The van der Waals surface area contributed by atoms with Gasteiger partial charge in [-0.25, -0.2) is 0 Å². The van der Waals surface area contributed by atoms with Crippen LogP contribution in [0.25, 0.3) is 0 Å². The van der Waals surface area contributed by atoms with E-state index in [9.17, 15) is 9.90 Å². The molecule has 1 heterocycles. The summed E-state index contributed by atoms with van der Waals surface area (Å²) in [6.07, 6.45) is 10.6. The Morgan fingerprint density at radius 1 is 1.17 bits per heavy atom. The summed E-state index contributed by atoms with van der Waals surface area (Å²) in [7, 11) is 0. The van der Waals surface area contributed by atoms with Gasteiger partial charge in [-0.1, -0.05) is 19.3 Å². The summed E-state index contributed by atoms with van der Waals surface area (Å²) < 4.78 is 0. The van der Waals surface area contributed by atoms with E-state index >= 15 is 0 Å². The van der Waals surface area contributed by atoms with Crippen LogP contribution in [0.3, 0.4) is 0 Å². The van der Waals surface area contributed by atoms with Crippen molar-refractivity contribution >= 4 is 5.97 Å². The van der Waals surface area contributed by atoms with Gasteiger partial charge in [-0.3, -0.25) is 9.69 Å². The van der Waals surface area contributed by atoms with Crippen molar-refractivity contribution in [3.05, 3.63) is 0 Å². The topological polar surface area (TPSA) is 40.5 Å². The second-order valence-corrected chi connectivity index (χ2v) is 6.66. The molecule has 0 amide bonds. The molecule has 3 aliphatic rings.